The Morgan fingerprint density at radius 2 is 1.79 bits per heavy atom. The minimum absolute atomic E-state index is 0.116. The fraction of sp³-hybridized carbons (Fsp3) is 0.133. The van der Waals surface area contributed by atoms with Crippen molar-refractivity contribution in [3.63, 3.8) is 0 Å². The van der Waals surface area contributed by atoms with Crippen LogP contribution in [0.25, 0.3) is 0 Å². The zero-order valence-corrected chi connectivity index (χ0v) is 13.6. The van der Waals surface area contributed by atoms with E-state index in [1.54, 1.807) is 18.2 Å². The maximum Gasteiger partial charge on any atom is 0.323 e. The van der Waals surface area contributed by atoms with Gasteiger partial charge in [-0.1, -0.05) is 11.6 Å². The lowest BCUT2D eigenvalue weighted by atomic mass is 10.2. The van der Waals surface area contributed by atoms with Crippen molar-refractivity contribution < 1.29 is 19.2 Å². The molecule has 2 amide bonds. The Labute approximate surface area is 142 Å². The minimum atomic E-state index is -0.635. The Morgan fingerprint density at radius 1 is 1.08 bits per heavy atom. The normalized spacial score (nSPS) is 9.96. The maximum absolute atomic E-state index is 12.1. The number of nitro groups is 1. The number of methoxy groups -OCH3 is 2. The number of hydrogen-bond donors (Lipinski definition) is 2. The van der Waals surface area contributed by atoms with Crippen molar-refractivity contribution in [2.45, 2.75) is 0 Å². The molecule has 2 N–H and O–H groups in total. The standard InChI is InChI=1S/C15H14ClN3O5/c1-23-10-4-6-14(24-2)13(8-10)18-15(20)17-12-7-9(19(21)22)3-5-11(12)16/h3-8H,1-2H3,(H2,17,18,20). The molecular weight excluding hydrogens is 338 g/mol. The summed E-state index contributed by atoms with van der Waals surface area (Å²) in [6.45, 7) is 0. The van der Waals surface area contributed by atoms with Gasteiger partial charge in [-0.05, 0) is 18.2 Å². The monoisotopic (exact) mass is 351 g/mol. The first-order valence-corrected chi connectivity index (χ1v) is 7.06. The van der Waals surface area contributed by atoms with Crippen LogP contribution < -0.4 is 20.1 Å². The van der Waals surface area contributed by atoms with Gasteiger partial charge in [0.15, 0.2) is 0 Å². The van der Waals surface area contributed by atoms with Crippen LogP contribution in [0.3, 0.4) is 0 Å². The molecule has 0 unspecified atom stereocenters. The van der Waals surface area contributed by atoms with Gasteiger partial charge >= 0.3 is 6.03 Å². The van der Waals surface area contributed by atoms with Crippen molar-refractivity contribution in [2.24, 2.45) is 0 Å². The van der Waals surface area contributed by atoms with Crippen molar-refractivity contribution in [3.05, 3.63) is 51.5 Å². The van der Waals surface area contributed by atoms with Gasteiger partial charge in [-0.2, -0.15) is 0 Å². The molecule has 0 heterocycles. The number of benzene rings is 2. The van der Waals surface area contributed by atoms with E-state index in [0.717, 1.165) is 0 Å². The lowest BCUT2D eigenvalue weighted by Crippen LogP contribution is -2.20. The number of nitro benzene ring substituents is 1. The summed E-state index contributed by atoms with van der Waals surface area (Å²) in [4.78, 5) is 22.4. The third-order valence-corrected chi connectivity index (χ3v) is 3.39. The lowest BCUT2D eigenvalue weighted by Gasteiger charge is -2.13. The second kappa shape index (κ2) is 7.51. The minimum Gasteiger partial charge on any atom is -0.497 e. The van der Waals surface area contributed by atoms with Crippen molar-refractivity contribution in [2.75, 3.05) is 24.9 Å². The summed E-state index contributed by atoms with van der Waals surface area (Å²) < 4.78 is 10.2. The molecule has 0 aliphatic rings. The molecule has 24 heavy (non-hydrogen) atoms. The quantitative estimate of drug-likeness (QED) is 0.628. The van der Waals surface area contributed by atoms with E-state index in [4.69, 9.17) is 21.1 Å². The first kappa shape index (κ1) is 17.4. The number of hydrogen-bond acceptors (Lipinski definition) is 5. The molecule has 8 nitrogen and oxygen atoms in total. The van der Waals surface area contributed by atoms with E-state index in [9.17, 15) is 14.9 Å². The molecule has 0 bridgehead atoms. The number of urea groups is 1. The topological polar surface area (TPSA) is 103 Å². The molecule has 0 aliphatic carbocycles. The number of ether oxygens (including phenoxy) is 2. The van der Waals surface area contributed by atoms with Gasteiger partial charge in [0, 0.05) is 18.2 Å². The fourth-order valence-electron chi connectivity index (χ4n) is 1.91. The van der Waals surface area contributed by atoms with Crippen LogP contribution in [0, 0.1) is 10.1 Å². The average Bonchev–Trinajstić information content (AvgIpc) is 2.56. The number of non-ortho nitro benzene ring substituents is 1. The average molecular weight is 352 g/mol. The molecule has 0 spiro atoms. The number of amides is 2. The summed E-state index contributed by atoms with van der Waals surface area (Å²) in [5, 5.41) is 16.0. The summed E-state index contributed by atoms with van der Waals surface area (Å²) in [5.74, 6) is 0.954. The SMILES string of the molecule is COc1ccc(OC)c(NC(=O)Nc2cc([N+](=O)[O-])ccc2Cl)c1. The van der Waals surface area contributed by atoms with Gasteiger partial charge in [-0.25, -0.2) is 4.79 Å². The largest absolute Gasteiger partial charge is 0.497 e. The van der Waals surface area contributed by atoms with Gasteiger partial charge in [0.25, 0.3) is 5.69 Å². The summed E-state index contributed by atoms with van der Waals surface area (Å²) in [7, 11) is 2.96. The van der Waals surface area contributed by atoms with E-state index in [2.05, 4.69) is 10.6 Å². The molecule has 2 rings (SSSR count). The molecule has 2 aromatic carbocycles. The highest BCUT2D eigenvalue weighted by Gasteiger charge is 2.14. The number of anilines is 2. The summed E-state index contributed by atoms with van der Waals surface area (Å²) in [5.41, 5.74) is 0.301. The molecule has 0 fully saturated rings. The van der Waals surface area contributed by atoms with Crippen LogP contribution in [0.1, 0.15) is 0 Å². The van der Waals surface area contributed by atoms with Crippen molar-refractivity contribution >= 4 is 34.7 Å². The van der Waals surface area contributed by atoms with Crippen LogP contribution in [-0.2, 0) is 0 Å². The van der Waals surface area contributed by atoms with E-state index in [1.807, 2.05) is 0 Å². The molecule has 9 heteroatoms. The second-order valence-corrected chi connectivity index (χ2v) is 4.97. The highest BCUT2D eigenvalue weighted by molar-refractivity contribution is 6.33. The fourth-order valence-corrected chi connectivity index (χ4v) is 2.08. The Hall–Kier alpha value is -3.00. The molecule has 126 valence electrons. The molecule has 0 aliphatic heterocycles. The number of carbonyl (C=O) groups excluding carboxylic acids is 1. The molecular formula is C15H14ClN3O5. The number of carbonyl (C=O) groups is 1. The predicted molar refractivity (Wildman–Crippen MR) is 90.3 cm³/mol. The Bertz CT molecular complexity index is 782. The van der Waals surface area contributed by atoms with Crippen molar-refractivity contribution in [1.29, 1.82) is 0 Å². The Morgan fingerprint density at radius 3 is 2.42 bits per heavy atom. The van der Waals surface area contributed by atoms with Gasteiger partial charge in [-0.15, -0.1) is 0 Å². The zero-order chi connectivity index (χ0) is 17.7. The van der Waals surface area contributed by atoms with Gasteiger partial charge in [-0.3, -0.25) is 10.1 Å². The van der Waals surface area contributed by atoms with E-state index >= 15 is 0 Å². The summed E-state index contributed by atoms with van der Waals surface area (Å²) >= 11 is 5.94. The summed E-state index contributed by atoms with van der Waals surface area (Å²) in [6, 6.07) is 8.01. The van der Waals surface area contributed by atoms with Gasteiger partial charge in [0.1, 0.15) is 11.5 Å². The molecule has 0 saturated heterocycles. The molecule has 0 radical (unpaired) electrons. The van der Waals surface area contributed by atoms with Crippen LogP contribution in [0.15, 0.2) is 36.4 Å². The lowest BCUT2D eigenvalue weighted by molar-refractivity contribution is -0.384. The van der Waals surface area contributed by atoms with E-state index in [0.29, 0.717) is 17.2 Å². The number of nitrogens with one attached hydrogen (secondary N) is 2. The predicted octanol–water partition coefficient (Wildman–Crippen LogP) is 3.91. The van der Waals surface area contributed by atoms with Crippen LogP contribution in [0.2, 0.25) is 5.02 Å². The van der Waals surface area contributed by atoms with Gasteiger partial charge < -0.3 is 20.1 Å². The van der Waals surface area contributed by atoms with Crippen molar-refractivity contribution in [1.82, 2.24) is 0 Å². The number of rotatable bonds is 5. The number of nitrogens with zero attached hydrogens (tertiary/aromatic N) is 1. The highest BCUT2D eigenvalue weighted by Crippen LogP contribution is 2.30. The first-order chi connectivity index (χ1) is 11.4. The van der Waals surface area contributed by atoms with Crippen LogP contribution in [0.4, 0.5) is 21.9 Å². The molecule has 0 atom stereocenters. The van der Waals surface area contributed by atoms with Gasteiger partial charge in [0.2, 0.25) is 0 Å². The first-order valence-electron chi connectivity index (χ1n) is 6.68. The molecule has 2 aromatic rings. The Balaban J connectivity index is 2.20. The summed E-state index contributed by atoms with van der Waals surface area (Å²) in [6.07, 6.45) is 0. The third-order valence-electron chi connectivity index (χ3n) is 3.06. The van der Waals surface area contributed by atoms with E-state index < -0.39 is 11.0 Å². The third kappa shape index (κ3) is 4.05. The van der Waals surface area contributed by atoms with Crippen LogP contribution in [0.5, 0.6) is 11.5 Å². The smallest absolute Gasteiger partial charge is 0.323 e. The highest BCUT2D eigenvalue weighted by atomic mass is 35.5. The zero-order valence-electron chi connectivity index (χ0n) is 12.8. The van der Waals surface area contributed by atoms with Gasteiger partial charge in [0.05, 0.1) is 35.5 Å². The maximum atomic E-state index is 12.1. The van der Waals surface area contributed by atoms with Crippen molar-refractivity contribution in [3.8, 4) is 11.5 Å². The Kier molecular flexibility index (Phi) is 5.43. The number of halogens is 1. The van der Waals surface area contributed by atoms with E-state index in [-0.39, 0.29) is 16.4 Å². The van der Waals surface area contributed by atoms with Crippen LogP contribution in [-0.4, -0.2) is 25.2 Å². The molecule has 0 aromatic heterocycles. The van der Waals surface area contributed by atoms with E-state index in [1.165, 1.54) is 32.4 Å². The molecule has 0 saturated carbocycles. The van der Waals surface area contributed by atoms with Crippen LogP contribution >= 0.6 is 11.6 Å². The second-order valence-electron chi connectivity index (χ2n) is 4.57.